The van der Waals surface area contributed by atoms with Crippen LogP contribution in [0.5, 0.6) is 0 Å². The van der Waals surface area contributed by atoms with Gasteiger partial charge in [0.1, 0.15) is 0 Å². The third-order valence-corrected chi connectivity index (χ3v) is 7.93. The summed E-state index contributed by atoms with van der Waals surface area (Å²) in [5.74, 6) is 0. The Balaban J connectivity index is 2.38. The summed E-state index contributed by atoms with van der Waals surface area (Å²) in [6.45, 7) is 8.10. The van der Waals surface area contributed by atoms with Crippen molar-refractivity contribution >= 4 is 18.0 Å². The van der Waals surface area contributed by atoms with Crippen LogP contribution in [-0.4, -0.2) is 11.7 Å². The normalized spacial score (nSPS) is 13.4. The van der Waals surface area contributed by atoms with E-state index in [0.717, 1.165) is 36.0 Å². The van der Waals surface area contributed by atoms with Gasteiger partial charge in [0, 0.05) is 17.0 Å². The Bertz CT molecular complexity index is 770. The summed E-state index contributed by atoms with van der Waals surface area (Å²) in [6, 6.07) is 13.4. The molecule has 1 atom stereocenters. The van der Waals surface area contributed by atoms with Crippen molar-refractivity contribution in [1.82, 2.24) is 0 Å². The van der Waals surface area contributed by atoms with E-state index in [1.807, 2.05) is 63.2 Å². The fourth-order valence-corrected chi connectivity index (χ4v) is 6.39. The standard InChI is InChI=1S/C23H31O2P/c1-5-6-7-8-12-15-26(25,21-13-10-9-11-14-21)23(24)22-19(3)16-18(2)17-20(22)4/h9-11,13-14,16-17H,5-8,12,15H2,1-4H3. The van der Waals surface area contributed by atoms with Gasteiger partial charge in [0.15, 0.2) is 7.14 Å². The van der Waals surface area contributed by atoms with E-state index in [4.69, 9.17) is 0 Å². The maximum atomic E-state index is 14.0. The first-order valence-electron chi connectivity index (χ1n) is 9.67. The third kappa shape index (κ3) is 4.74. The van der Waals surface area contributed by atoms with Crippen LogP contribution in [0.2, 0.25) is 0 Å². The first kappa shape index (κ1) is 20.6. The van der Waals surface area contributed by atoms with Crippen molar-refractivity contribution in [3.63, 3.8) is 0 Å². The van der Waals surface area contributed by atoms with Crippen molar-refractivity contribution in [2.45, 2.75) is 59.8 Å². The second kappa shape index (κ2) is 9.33. The topological polar surface area (TPSA) is 34.1 Å². The molecule has 0 fully saturated rings. The van der Waals surface area contributed by atoms with Crippen LogP contribution in [0, 0.1) is 20.8 Å². The fourth-order valence-electron chi connectivity index (χ4n) is 3.65. The molecule has 0 aliphatic carbocycles. The van der Waals surface area contributed by atoms with Crippen LogP contribution in [0.15, 0.2) is 42.5 Å². The molecule has 0 amide bonds. The minimum Gasteiger partial charge on any atom is -0.310 e. The molecule has 1 unspecified atom stereocenters. The zero-order valence-corrected chi connectivity index (χ0v) is 17.4. The lowest BCUT2D eigenvalue weighted by Gasteiger charge is -2.20. The summed E-state index contributed by atoms with van der Waals surface area (Å²) in [5, 5.41) is 0.694. The lowest BCUT2D eigenvalue weighted by molar-refractivity contribution is 0.107. The number of rotatable bonds is 9. The molecule has 2 aromatic rings. The Morgan fingerprint density at radius 2 is 1.46 bits per heavy atom. The van der Waals surface area contributed by atoms with Crippen LogP contribution in [0.1, 0.15) is 66.1 Å². The lowest BCUT2D eigenvalue weighted by Crippen LogP contribution is -2.18. The molecule has 2 nitrogen and oxygen atoms in total. The lowest BCUT2D eigenvalue weighted by atomic mass is 10.0. The zero-order chi connectivity index (χ0) is 19.2. The van der Waals surface area contributed by atoms with Crippen LogP contribution in [-0.2, 0) is 4.57 Å². The minimum absolute atomic E-state index is 0.172. The summed E-state index contributed by atoms with van der Waals surface area (Å²) in [5.41, 5.74) is 3.46. The number of hydrogen-bond acceptors (Lipinski definition) is 2. The number of hydrogen-bond donors (Lipinski definition) is 0. The molecule has 26 heavy (non-hydrogen) atoms. The van der Waals surface area contributed by atoms with E-state index in [2.05, 4.69) is 6.92 Å². The van der Waals surface area contributed by atoms with Gasteiger partial charge in [0.05, 0.1) is 0 Å². The van der Waals surface area contributed by atoms with Gasteiger partial charge in [-0.25, -0.2) is 0 Å². The zero-order valence-electron chi connectivity index (χ0n) is 16.5. The van der Waals surface area contributed by atoms with E-state index >= 15 is 0 Å². The summed E-state index contributed by atoms with van der Waals surface area (Å²) in [7, 11) is -3.14. The van der Waals surface area contributed by atoms with Crippen LogP contribution in [0.4, 0.5) is 0 Å². The van der Waals surface area contributed by atoms with Crippen LogP contribution < -0.4 is 5.30 Å². The van der Waals surface area contributed by atoms with Crippen LogP contribution in [0.3, 0.4) is 0 Å². The van der Waals surface area contributed by atoms with E-state index in [1.54, 1.807) is 0 Å². The molecule has 0 spiro atoms. The molecule has 0 aromatic heterocycles. The molecule has 0 aliphatic rings. The Kier molecular flexibility index (Phi) is 7.41. The molecule has 0 bridgehead atoms. The number of unbranched alkanes of at least 4 members (excludes halogenated alkanes) is 4. The molecule has 0 heterocycles. The number of carbonyl (C=O) groups is 1. The van der Waals surface area contributed by atoms with Gasteiger partial charge in [0.2, 0.25) is 5.52 Å². The molecule has 2 rings (SSSR count). The van der Waals surface area contributed by atoms with E-state index in [1.165, 1.54) is 12.8 Å². The van der Waals surface area contributed by atoms with E-state index in [0.29, 0.717) is 17.0 Å². The highest BCUT2D eigenvalue weighted by atomic mass is 31.2. The van der Waals surface area contributed by atoms with Crippen molar-refractivity contribution < 1.29 is 9.36 Å². The first-order chi connectivity index (χ1) is 12.4. The van der Waals surface area contributed by atoms with Crippen molar-refractivity contribution in [2.75, 3.05) is 6.16 Å². The van der Waals surface area contributed by atoms with Crippen molar-refractivity contribution in [3.8, 4) is 0 Å². The Morgan fingerprint density at radius 3 is 2.04 bits per heavy atom. The smallest absolute Gasteiger partial charge is 0.226 e. The maximum Gasteiger partial charge on any atom is 0.226 e. The molecule has 3 heteroatoms. The van der Waals surface area contributed by atoms with Crippen molar-refractivity contribution in [2.24, 2.45) is 0 Å². The molecular weight excluding hydrogens is 339 g/mol. The molecule has 0 saturated heterocycles. The highest BCUT2D eigenvalue weighted by Crippen LogP contribution is 2.49. The van der Waals surface area contributed by atoms with E-state index in [-0.39, 0.29) is 5.52 Å². The SMILES string of the molecule is CCCCCCCP(=O)(C(=O)c1c(C)cc(C)cc1C)c1ccccc1. The van der Waals surface area contributed by atoms with Crippen LogP contribution in [0.25, 0.3) is 0 Å². The molecule has 0 N–H and O–H groups in total. The van der Waals surface area contributed by atoms with E-state index in [9.17, 15) is 9.36 Å². The molecule has 2 aromatic carbocycles. The summed E-state index contributed by atoms with van der Waals surface area (Å²) in [6.07, 6.45) is 5.84. The van der Waals surface area contributed by atoms with Crippen LogP contribution >= 0.6 is 7.14 Å². The van der Waals surface area contributed by atoms with Gasteiger partial charge < -0.3 is 4.57 Å². The van der Waals surface area contributed by atoms with Gasteiger partial charge in [-0.05, 0) is 38.3 Å². The van der Waals surface area contributed by atoms with Gasteiger partial charge >= 0.3 is 0 Å². The average Bonchev–Trinajstić information content (AvgIpc) is 2.61. The molecule has 140 valence electrons. The predicted molar refractivity (Wildman–Crippen MR) is 112 cm³/mol. The first-order valence-corrected chi connectivity index (χ1v) is 11.6. The van der Waals surface area contributed by atoms with E-state index < -0.39 is 7.14 Å². The monoisotopic (exact) mass is 370 g/mol. The molecule has 0 saturated carbocycles. The summed E-state index contributed by atoms with van der Waals surface area (Å²) in [4.78, 5) is 13.5. The second-order valence-corrected chi connectivity index (χ2v) is 10.1. The molecular formula is C23H31O2P. The van der Waals surface area contributed by atoms with Gasteiger partial charge in [0.25, 0.3) is 0 Å². The number of benzene rings is 2. The van der Waals surface area contributed by atoms with Crippen molar-refractivity contribution in [1.29, 1.82) is 0 Å². The Hall–Kier alpha value is -1.66. The van der Waals surface area contributed by atoms with Gasteiger partial charge in [-0.15, -0.1) is 0 Å². The Labute approximate surface area is 158 Å². The number of carbonyl (C=O) groups excluding carboxylic acids is 1. The fraction of sp³-hybridized carbons (Fsp3) is 0.435. The van der Waals surface area contributed by atoms with Gasteiger partial charge in [-0.3, -0.25) is 4.79 Å². The third-order valence-electron chi connectivity index (χ3n) is 4.97. The summed E-state index contributed by atoms with van der Waals surface area (Å²) >= 11 is 0. The summed E-state index contributed by atoms with van der Waals surface area (Å²) < 4.78 is 14.0. The van der Waals surface area contributed by atoms with Gasteiger partial charge in [-0.1, -0.05) is 80.6 Å². The molecule has 0 aliphatic heterocycles. The second-order valence-electron chi connectivity index (χ2n) is 7.29. The maximum absolute atomic E-state index is 14.0. The quantitative estimate of drug-likeness (QED) is 0.377. The van der Waals surface area contributed by atoms with Gasteiger partial charge in [-0.2, -0.15) is 0 Å². The molecule has 0 radical (unpaired) electrons. The largest absolute Gasteiger partial charge is 0.310 e. The minimum atomic E-state index is -3.14. The van der Waals surface area contributed by atoms with Crippen molar-refractivity contribution in [3.05, 3.63) is 64.7 Å². The highest BCUT2D eigenvalue weighted by molar-refractivity contribution is 7.87. The number of aryl methyl sites for hydroxylation is 3. The highest BCUT2D eigenvalue weighted by Gasteiger charge is 2.35. The Morgan fingerprint density at radius 1 is 0.885 bits per heavy atom. The average molecular weight is 370 g/mol. The predicted octanol–water partition coefficient (Wildman–Crippen LogP) is 6.41.